The molecule has 0 saturated heterocycles. The highest BCUT2D eigenvalue weighted by Crippen LogP contribution is 2.43. The number of hydrogen-bond donors (Lipinski definition) is 5. The molecular weight excluding hydrogens is 780 g/mol. The lowest BCUT2D eigenvalue weighted by atomic mass is 10.0. The molecule has 0 saturated carbocycles. The second-order valence-corrected chi connectivity index (χ2v) is 18.3. The summed E-state index contributed by atoms with van der Waals surface area (Å²) in [6, 6.07) is 0. The molecule has 0 aliphatic heterocycles. The molecule has 12 nitrogen and oxygen atoms in total. The van der Waals surface area contributed by atoms with Gasteiger partial charge in [0.05, 0.1) is 13.2 Å². The average molecular weight is 877 g/mol. The number of unbranched alkanes of at least 4 members (excludes halogenated alkanes) is 25. The van der Waals surface area contributed by atoms with Gasteiger partial charge in [-0.15, -0.1) is 0 Å². The lowest BCUT2D eigenvalue weighted by molar-refractivity contribution is -0.161. The molecule has 6 N–H and O–H groups in total. The highest BCUT2D eigenvalue weighted by atomic mass is 31.2. The molecular formula is C47H97N4O8P. The maximum atomic E-state index is 12.8. The van der Waals surface area contributed by atoms with E-state index in [0.29, 0.717) is 13.0 Å². The third kappa shape index (κ3) is 46.4. The first kappa shape index (κ1) is 58.9. The van der Waals surface area contributed by atoms with Gasteiger partial charge < -0.3 is 36.1 Å². The largest absolute Gasteiger partial charge is 0.472 e. The zero-order valence-corrected chi connectivity index (χ0v) is 40.0. The van der Waals surface area contributed by atoms with Gasteiger partial charge in [0.25, 0.3) is 0 Å². The van der Waals surface area contributed by atoms with E-state index in [4.69, 9.17) is 24.3 Å². The van der Waals surface area contributed by atoms with Crippen molar-refractivity contribution in [3.05, 3.63) is 0 Å². The zero-order valence-electron chi connectivity index (χ0n) is 39.1. The average Bonchev–Trinajstić information content (AvgIpc) is 3.23. The predicted octanol–water partition coefficient (Wildman–Crippen LogP) is 10.8. The normalized spacial score (nSPS) is 13.1. The molecule has 0 spiro atoms. The quantitative estimate of drug-likeness (QED) is 0.0223. The molecule has 0 fully saturated rings. The minimum Gasteiger partial charge on any atom is -0.462 e. The maximum Gasteiger partial charge on any atom is 0.472 e. The number of rotatable bonds is 50. The van der Waals surface area contributed by atoms with Crippen molar-refractivity contribution in [1.82, 2.24) is 16.0 Å². The van der Waals surface area contributed by atoms with Crippen molar-refractivity contribution in [3.8, 4) is 0 Å². The summed E-state index contributed by atoms with van der Waals surface area (Å²) in [5, 5.41) is 10.0. The summed E-state index contributed by atoms with van der Waals surface area (Å²) in [7, 11) is -4.41. The molecule has 0 rings (SSSR count). The number of hydrogen-bond acceptors (Lipinski definition) is 11. The number of nitrogens with one attached hydrogen (secondary N) is 3. The lowest BCUT2D eigenvalue weighted by Crippen LogP contribution is -2.29. The van der Waals surface area contributed by atoms with Gasteiger partial charge in [0, 0.05) is 19.4 Å². The minimum atomic E-state index is -4.41. The Kier molecular flexibility index (Phi) is 46.5. The van der Waals surface area contributed by atoms with E-state index in [1.807, 2.05) is 0 Å². The Morgan fingerprint density at radius 2 is 0.867 bits per heavy atom. The van der Waals surface area contributed by atoms with Crippen molar-refractivity contribution in [2.45, 2.75) is 225 Å². The van der Waals surface area contributed by atoms with Gasteiger partial charge >= 0.3 is 19.8 Å². The number of phosphoric ester groups is 1. The summed E-state index contributed by atoms with van der Waals surface area (Å²) in [5.74, 6) is -0.798. The Hall–Kier alpha value is -1.11. The third-order valence-corrected chi connectivity index (χ3v) is 11.9. The molecule has 0 aliphatic carbocycles. The fourth-order valence-corrected chi connectivity index (χ4v) is 7.83. The van der Waals surface area contributed by atoms with Crippen LogP contribution >= 0.6 is 7.82 Å². The molecule has 0 radical (unpaired) electrons. The molecule has 0 aromatic carbocycles. The van der Waals surface area contributed by atoms with E-state index in [2.05, 4.69) is 29.8 Å². The molecule has 0 bridgehead atoms. The number of ether oxygens (including phenoxy) is 2. The molecule has 0 aromatic rings. The Balaban J connectivity index is 4.42. The van der Waals surface area contributed by atoms with Crippen LogP contribution in [0, 0.1) is 0 Å². The molecule has 2 atom stereocenters. The Morgan fingerprint density at radius 3 is 1.32 bits per heavy atom. The van der Waals surface area contributed by atoms with Gasteiger partial charge in [-0.3, -0.25) is 18.6 Å². The third-order valence-electron chi connectivity index (χ3n) is 10.9. The highest BCUT2D eigenvalue weighted by Gasteiger charge is 2.26. The Bertz CT molecular complexity index is 966. The number of phosphoric acid groups is 1. The SMILES string of the molecule is CCCCCCCCCCCCCCCC(=O)OC[C@H](COP(=O)(O)OCCNCCCNCCCCNCCCN)OC(=O)CCCCCCCCCCCCCCC. The van der Waals surface area contributed by atoms with Gasteiger partial charge in [0.15, 0.2) is 6.10 Å². The number of carbonyl (C=O) groups is 2. The van der Waals surface area contributed by atoms with E-state index in [1.54, 1.807) is 0 Å². The minimum absolute atomic E-state index is 0.0179. The van der Waals surface area contributed by atoms with Crippen LogP contribution in [0.1, 0.15) is 219 Å². The van der Waals surface area contributed by atoms with Crippen LogP contribution in [0.25, 0.3) is 0 Å². The summed E-state index contributed by atoms with van der Waals surface area (Å²) in [5.41, 5.74) is 5.50. The van der Waals surface area contributed by atoms with Gasteiger partial charge in [-0.25, -0.2) is 4.57 Å². The maximum absolute atomic E-state index is 12.8. The van der Waals surface area contributed by atoms with Crippen molar-refractivity contribution in [2.75, 3.05) is 65.6 Å². The topological polar surface area (TPSA) is 170 Å². The molecule has 358 valence electrons. The Morgan fingerprint density at radius 1 is 0.483 bits per heavy atom. The predicted molar refractivity (Wildman–Crippen MR) is 249 cm³/mol. The Labute approximate surface area is 369 Å². The van der Waals surface area contributed by atoms with E-state index < -0.39 is 26.5 Å². The number of carbonyl (C=O) groups excluding carboxylic acids is 2. The molecule has 60 heavy (non-hydrogen) atoms. The smallest absolute Gasteiger partial charge is 0.462 e. The summed E-state index contributed by atoms with van der Waals surface area (Å²) in [6.07, 6.45) is 35.4. The van der Waals surface area contributed by atoms with Gasteiger partial charge in [-0.2, -0.15) is 0 Å². The lowest BCUT2D eigenvalue weighted by Gasteiger charge is -2.20. The zero-order chi connectivity index (χ0) is 43.9. The summed E-state index contributed by atoms with van der Waals surface area (Å²) >= 11 is 0. The molecule has 0 aliphatic rings. The molecule has 1 unspecified atom stereocenters. The van der Waals surface area contributed by atoms with Gasteiger partial charge in [-0.05, 0) is 77.8 Å². The van der Waals surface area contributed by atoms with E-state index in [9.17, 15) is 19.0 Å². The summed E-state index contributed by atoms with van der Waals surface area (Å²) in [4.78, 5) is 35.6. The fraction of sp³-hybridized carbons (Fsp3) is 0.957. The first-order valence-corrected chi connectivity index (χ1v) is 26.6. The van der Waals surface area contributed by atoms with Crippen LogP contribution in [-0.4, -0.2) is 88.6 Å². The van der Waals surface area contributed by atoms with Gasteiger partial charge in [0.1, 0.15) is 6.61 Å². The van der Waals surface area contributed by atoms with Crippen molar-refractivity contribution >= 4 is 19.8 Å². The van der Waals surface area contributed by atoms with Gasteiger partial charge in [0.2, 0.25) is 0 Å². The summed E-state index contributed by atoms with van der Waals surface area (Å²) < 4.78 is 34.1. The van der Waals surface area contributed by atoms with Crippen molar-refractivity contribution < 1.29 is 37.6 Å². The monoisotopic (exact) mass is 877 g/mol. The van der Waals surface area contributed by atoms with E-state index in [0.717, 1.165) is 97.1 Å². The van der Waals surface area contributed by atoms with Crippen LogP contribution in [0.5, 0.6) is 0 Å². The molecule has 13 heteroatoms. The first-order chi connectivity index (χ1) is 29.3. The van der Waals surface area contributed by atoms with Crippen LogP contribution in [0.4, 0.5) is 0 Å². The standard InChI is InChI=1S/C47H97N4O8P/c1-3-5-7-9-11-13-15-17-19-21-23-25-27-33-46(52)56-43-45(59-47(53)34-28-26-24-22-20-18-16-14-12-10-8-6-4-2)44-58-60(54,55)57-42-41-51-40-32-39-50-37-30-29-36-49-38-31-35-48/h45,49-51H,3-44,48H2,1-2H3,(H,54,55)/t45-/m1/s1. The summed E-state index contributed by atoms with van der Waals surface area (Å²) in [6.45, 7) is 9.55. The van der Waals surface area contributed by atoms with E-state index in [-0.39, 0.29) is 32.0 Å². The van der Waals surface area contributed by atoms with Crippen molar-refractivity contribution in [1.29, 1.82) is 0 Å². The van der Waals surface area contributed by atoms with Crippen LogP contribution in [0.3, 0.4) is 0 Å². The van der Waals surface area contributed by atoms with Crippen LogP contribution in [-0.2, 0) is 32.7 Å². The van der Waals surface area contributed by atoms with E-state index in [1.165, 1.54) is 128 Å². The first-order valence-electron chi connectivity index (χ1n) is 25.1. The molecule has 0 aromatic heterocycles. The highest BCUT2D eigenvalue weighted by molar-refractivity contribution is 7.47. The van der Waals surface area contributed by atoms with Crippen molar-refractivity contribution in [2.24, 2.45) is 5.73 Å². The number of esters is 2. The molecule has 0 heterocycles. The fourth-order valence-electron chi connectivity index (χ4n) is 7.08. The molecule has 0 amide bonds. The van der Waals surface area contributed by atoms with Crippen LogP contribution < -0.4 is 21.7 Å². The van der Waals surface area contributed by atoms with Crippen LogP contribution in [0.2, 0.25) is 0 Å². The van der Waals surface area contributed by atoms with E-state index >= 15 is 0 Å². The van der Waals surface area contributed by atoms with Crippen LogP contribution in [0.15, 0.2) is 0 Å². The van der Waals surface area contributed by atoms with Gasteiger partial charge in [-0.1, -0.05) is 168 Å². The van der Waals surface area contributed by atoms with Crippen molar-refractivity contribution in [3.63, 3.8) is 0 Å². The second-order valence-electron chi connectivity index (χ2n) is 16.8. The second kappa shape index (κ2) is 47.4. The number of nitrogens with two attached hydrogens (primary N) is 1.